The second kappa shape index (κ2) is 11.1. The summed E-state index contributed by atoms with van der Waals surface area (Å²) >= 11 is 6.04. The summed E-state index contributed by atoms with van der Waals surface area (Å²) < 4.78 is 6.19. The van der Waals surface area contributed by atoms with E-state index in [1.807, 2.05) is 48.5 Å². The monoisotopic (exact) mass is 529 g/mol. The number of hydrogen-bond acceptors (Lipinski definition) is 5. The summed E-state index contributed by atoms with van der Waals surface area (Å²) in [6.45, 7) is 2.96. The van der Waals surface area contributed by atoms with Gasteiger partial charge in [-0.1, -0.05) is 59.3 Å². The normalized spacial score (nSPS) is 17.6. The van der Waals surface area contributed by atoms with E-state index in [9.17, 15) is 9.70 Å². The Kier molecular flexibility index (Phi) is 7.63. The fraction of sp³-hybridized carbons (Fsp3) is 0.323. The van der Waals surface area contributed by atoms with Crippen molar-refractivity contribution in [3.05, 3.63) is 111 Å². The van der Waals surface area contributed by atoms with E-state index in [0.29, 0.717) is 30.0 Å². The summed E-state index contributed by atoms with van der Waals surface area (Å²) in [5.74, 6) is 0.677. The molecule has 38 heavy (non-hydrogen) atoms. The molecule has 3 aromatic rings. The molecule has 3 aromatic carbocycles. The predicted octanol–water partition coefficient (Wildman–Crippen LogP) is 6.51. The van der Waals surface area contributed by atoms with Crippen molar-refractivity contribution in [1.29, 1.82) is 0 Å². The van der Waals surface area contributed by atoms with Crippen molar-refractivity contribution in [2.45, 2.75) is 31.4 Å². The number of piperidine rings is 1. The van der Waals surface area contributed by atoms with E-state index in [4.69, 9.17) is 16.3 Å². The highest BCUT2D eigenvalue weighted by atomic mass is 35.5. The van der Waals surface area contributed by atoms with Gasteiger partial charge in [0.1, 0.15) is 17.9 Å². The smallest absolute Gasteiger partial charge is 0.253 e. The molecule has 196 valence electrons. The summed E-state index contributed by atoms with van der Waals surface area (Å²) in [4.78, 5) is 28.4. The van der Waals surface area contributed by atoms with Crippen molar-refractivity contribution in [3.63, 3.8) is 0 Å². The number of rotatable bonds is 6. The largest absolute Gasteiger partial charge is 0.488 e. The number of halogens is 1. The quantitative estimate of drug-likeness (QED) is 0.341. The molecular weight excluding hydrogens is 498 g/mol. The van der Waals surface area contributed by atoms with Crippen LogP contribution in [0.2, 0.25) is 5.02 Å². The molecule has 1 fully saturated rings. The fourth-order valence-corrected chi connectivity index (χ4v) is 5.54. The second-order valence-corrected chi connectivity index (χ2v) is 10.7. The van der Waals surface area contributed by atoms with E-state index in [1.54, 1.807) is 19.0 Å². The highest BCUT2D eigenvalue weighted by molar-refractivity contribution is 6.30. The summed E-state index contributed by atoms with van der Waals surface area (Å²) in [5, 5.41) is 4.25. The van der Waals surface area contributed by atoms with Crippen molar-refractivity contribution >= 4 is 23.1 Å². The number of ether oxygens (including phenoxy) is 1. The molecule has 0 atom stereocenters. The van der Waals surface area contributed by atoms with Crippen LogP contribution in [0, 0.1) is 4.91 Å². The molecule has 6 nitrogen and oxygen atoms in total. The summed E-state index contributed by atoms with van der Waals surface area (Å²) in [6, 6.07) is 21.5. The number of fused-ring (bicyclic) bond motifs is 2. The number of nitrogens with zero attached hydrogens (tertiary/aromatic N) is 3. The van der Waals surface area contributed by atoms with E-state index in [2.05, 4.69) is 34.4 Å². The Balaban J connectivity index is 1.34. The third-order valence-electron chi connectivity index (χ3n) is 7.65. The lowest BCUT2D eigenvalue weighted by atomic mass is 9.82. The van der Waals surface area contributed by atoms with Gasteiger partial charge in [0.05, 0.1) is 0 Å². The molecule has 0 unspecified atom stereocenters. The number of carbonyl (C=O) groups is 1. The van der Waals surface area contributed by atoms with E-state index in [1.165, 1.54) is 0 Å². The van der Waals surface area contributed by atoms with Gasteiger partial charge in [0.2, 0.25) is 0 Å². The lowest BCUT2D eigenvalue weighted by Crippen LogP contribution is -2.41. The van der Waals surface area contributed by atoms with Crippen LogP contribution in [0.3, 0.4) is 0 Å². The highest BCUT2D eigenvalue weighted by Gasteiger charge is 2.37. The third kappa shape index (κ3) is 5.24. The molecule has 0 saturated carbocycles. The second-order valence-electron chi connectivity index (χ2n) is 10.2. The highest BCUT2D eigenvalue weighted by Crippen LogP contribution is 2.39. The lowest BCUT2D eigenvalue weighted by molar-refractivity contribution is 0.0827. The molecule has 2 aliphatic rings. The van der Waals surface area contributed by atoms with Crippen molar-refractivity contribution in [1.82, 2.24) is 9.80 Å². The Morgan fingerprint density at radius 1 is 1.05 bits per heavy atom. The van der Waals surface area contributed by atoms with Crippen molar-refractivity contribution < 1.29 is 9.53 Å². The third-order valence-corrected chi connectivity index (χ3v) is 7.90. The number of nitroso groups, excluding NO2 is 1. The maximum Gasteiger partial charge on any atom is 0.253 e. The van der Waals surface area contributed by atoms with E-state index >= 15 is 0 Å². The van der Waals surface area contributed by atoms with Crippen LogP contribution in [0.15, 0.2) is 78.0 Å². The maximum atomic E-state index is 12.6. The standard InChI is InChI=1S/C31H32ClN3O3/c1-34(2)30(36)22-9-14-28-27(26-7-4-3-6-23(26)21-38-29(28)20-22)8-5-17-35-18-15-31(33-37,16-19-35)24-10-12-25(32)13-11-24/h3-4,6-14,20H,5,15-19,21H2,1-2H3. The van der Waals surface area contributed by atoms with Crippen molar-refractivity contribution in [2.75, 3.05) is 33.7 Å². The first-order valence-electron chi connectivity index (χ1n) is 13.0. The van der Waals surface area contributed by atoms with Gasteiger partial charge < -0.3 is 14.5 Å². The summed E-state index contributed by atoms with van der Waals surface area (Å²) in [7, 11) is 3.50. The Bertz CT molecular complexity index is 1360. The van der Waals surface area contributed by atoms with Gasteiger partial charge in [-0.05, 0) is 71.9 Å². The van der Waals surface area contributed by atoms with Crippen LogP contribution >= 0.6 is 11.6 Å². The molecule has 0 aromatic heterocycles. The van der Waals surface area contributed by atoms with Gasteiger partial charge in [-0.3, -0.25) is 4.79 Å². The van der Waals surface area contributed by atoms with Gasteiger partial charge in [-0.15, -0.1) is 4.91 Å². The molecule has 2 aliphatic heterocycles. The SMILES string of the molecule is CN(C)C(=O)c1ccc2c(c1)OCc1ccccc1C2=CCCN1CCC(N=O)(c2ccc(Cl)cc2)CC1. The number of amides is 1. The van der Waals surface area contributed by atoms with Gasteiger partial charge in [-0.25, -0.2) is 0 Å². The zero-order valence-electron chi connectivity index (χ0n) is 21.8. The molecule has 0 radical (unpaired) electrons. The van der Waals surface area contributed by atoms with Gasteiger partial charge in [0.15, 0.2) is 0 Å². The van der Waals surface area contributed by atoms with E-state index in [-0.39, 0.29) is 5.91 Å². The molecule has 7 heteroatoms. The zero-order chi connectivity index (χ0) is 26.7. The topological polar surface area (TPSA) is 62.2 Å². The van der Waals surface area contributed by atoms with Crippen LogP contribution in [0.4, 0.5) is 0 Å². The first-order valence-corrected chi connectivity index (χ1v) is 13.4. The van der Waals surface area contributed by atoms with Crippen LogP contribution in [-0.2, 0) is 12.1 Å². The van der Waals surface area contributed by atoms with Crippen LogP contribution in [0.25, 0.3) is 5.57 Å². The minimum Gasteiger partial charge on any atom is -0.488 e. The molecule has 0 aliphatic carbocycles. The summed E-state index contributed by atoms with van der Waals surface area (Å²) in [5.41, 5.74) is 5.27. The molecule has 0 spiro atoms. The van der Waals surface area contributed by atoms with Crippen LogP contribution < -0.4 is 4.74 Å². The number of carbonyl (C=O) groups excluding carboxylic acids is 1. The van der Waals surface area contributed by atoms with Crippen LogP contribution in [0.5, 0.6) is 5.75 Å². The summed E-state index contributed by atoms with van der Waals surface area (Å²) in [6.07, 6.45) is 4.51. The Morgan fingerprint density at radius 3 is 2.50 bits per heavy atom. The van der Waals surface area contributed by atoms with Gasteiger partial charge >= 0.3 is 0 Å². The van der Waals surface area contributed by atoms with Crippen LogP contribution in [0.1, 0.15) is 51.9 Å². The number of benzene rings is 3. The molecule has 5 rings (SSSR count). The average molecular weight is 530 g/mol. The van der Waals surface area contributed by atoms with Gasteiger partial charge in [-0.2, -0.15) is 0 Å². The molecule has 0 bridgehead atoms. The molecular formula is C31H32ClN3O3. The lowest BCUT2D eigenvalue weighted by Gasteiger charge is -2.37. The minimum absolute atomic E-state index is 0.0479. The fourth-order valence-electron chi connectivity index (χ4n) is 5.42. The van der Waals surface area contributed by atoms with Crippen molar-refractivity contribution in [2.24, 2.45) is 5.18 Å². The Morgan fingerprint density at radius 2 is 1.79 bits per heavy atom. The van der Waals surface area contributed by atoms with Gasteiger partial charge in [0.25, 0.3) is 5.91 Å². The van der Waals surface area contributed by atoms with E-state index < -0.39 is 5.54 Å². The number of hydrogen-bond donors (Lipinski definition) is 0. The molecule has 0 N–H and O–H groups in total. The predicted molar refractivity (Wildman–Crippen MR) is 152 cm³/mol. The van der Waals surface area contributed by atoms with Gasteiger partial charge in [0, 0.05) is 49.9 Å². The van der Waals surface area contributed by atoms with E-state index in [0.717, 1.165) is 59.6 Å². The molecule has 1 amide bonds. The first kappa shape index (κ1) is 26.1. The van der Waals surface area contributed by atoms with Crippen molar-refractivity contribution in [3.8, 4) is 5.75 Å². The average Bonchev–Trinajstić information content (AvgIpc) is 3.10. The van der Waals surface area contributed by atoms with Crippen LogP contribution in [-0.4, -0.2) is 49.4 Å². The Labute approximate surface area is 228 Å². The maximum absolute atomic E-state index is 12.6. The molecule has 1 saturated heterocycles. The number of likely N-dealkylation sites (tertiary alicyclic amines) is 1. The first-order chi connectivity index (χ1) is 18.4. The zero-order valence-corrected chi connectivity index (χ0v) is 22.6. The Hall–Kier alpha value is -3.48. The molecule has 2 heterocycles. The minimum atomic E-state index is -0.683.